The average Bonchev–Trinajstić information content (AvgIpc) is 2.64. The highest BCUT2D eigenvalue weighted by Gasteiger charge is 2.30. The molecule has 3 atom stereocenters. The zero-order valence-electron chi connectivity index (χ0n) is 15.3. The van der Waals surface area contributed by atoms with Gasteiger partial charge in [0, 0.05) is 6.42 Å². The van der Waals surface area contributed by atoms with Crippen LogP contribution in [0, 0.1) is 5.92 Å². The van der Waals surface area contributed by atoms with Crippen molar-refractivity contribution in [2.75, 3.05) is 13.7 Å². The van der Waals surface area contributed by atoms with Crippen LogP contribution in [0.4, 0.5) is 0 Å². The summed E-state index contributed by atoms with van der Waals surface area (Å²) in [6, 6.07) is 6.28. The van der Waals surface area contributed by atoms with Gasteiger partial charge in [-0.15, -0.1) is 0 Å². The van der Waals surface area contributed by atoms with Crippen LogP contribution in [0.3, 0.4) is 0 Å². The predicted octanol–water partition coefficient (Wildman–Crippen LogP) is -0.653. The molecule has 8 heteroatoms. The molecule has 0 radical (unpaired) electrons. The van der Waals surface area contributed by atoms with Crippen molar-refractivity contribution >= 4 is 17.8 Å². The first-order valence-corrected chi connectivity index (χ1v) is 8.39. The van der Waals surface area contributed by atoms with Gasteiger partial charge >= 0.3 is 5.97 Å². The van der Waals surface area contributed by atoms with Crippen molar-refractivity contribution in [2.45, 2.75) is 38.4 Å². The van der Waals surface area contributed by atoms with Crippen molar-refractivity contribution < 1.29 is 24.2 Å². The molecular formula is C18H27N3O5. The Labute approximate surface area is 153 Å². The second-order valence-electron chi connectivity index (χ2n) is 6.29. The van der Waals surface area contributed by atoms with E-state index in [4.69, 9.17) is 15.6 Å². The first-order valence-electron chi connectivity index (χ1n) is 8.39. The van der Waals surface area contributed by atoms with Crippen molar-refractivity contribution in [3.8, 4) is 0 Å². The van der Waals surface area contributed by atoms with E-state index >= 15 is 0 Å². The number of esters is 1. The number of hydrogen-bond acceptors (Lipinski definition) is 6. The molecule has 0 aliphatic carbocycles. The topological polar surface area (TPSA) is 131 Å². The summed E-state index contributed by atoms with van der Waals surface area (Å²) >= 11 is 0. The molecule has 2 amide bonds. The Hall–Kier alpha value is -2.45. The fraction of sp³-hybridized carbons (Fsp3) is 0.500. The van der Waals surface area contributed by atoms with Gasteiger partial charge in [0.15, 0.2) is 0 Å². The first kappa shape index (κ1) is 21.6. The lowest BCUT2D eigenvalue weighted by molar-refractivity contribution is -0.145. The number of amides is 2. The summed E-state index contributed by atoms with van der Waals surface area (Å²) in [5.74, 6) is -1.99. The van der Waals surface area contributed by atoms with Gasteiger partial charge in [0.1, 0.15) is 18.1 Å². The van der Waals surface area contributed by atoms with Crippen LogP contribution in [-0.2, 0) is 25.5 Å². The molecule has 144 valence electrons. The quantitative estimate of drug-likeness (QED) is 0.430. The van der Waals surface area contributed by atoms with E-state index in [1.54, 1.807) is 13.8 Å². The maximum atomic E-state index is 12.6. The van der Waals surface area contributed by atoms with Crippen molar-refractivity contribution in [3.05, 3.63) is 35.9 Å². The van der Waals surface area contributed by atoms with Gasteiger partial charge in [-0.05, 0) is 11.5 Å². The number of benzene rings is 1. The summed E-state index contributed by atoms with van der Waals surface area (Å²) in [4.78, 5) is 36.6. The number of methoxy groups -OCH3 is 1. The number of hydrogen-bond donors (Lipinski definition) is 4. The van der Waals surface area contributed by atoms with Crippen LogP contribution >= 0.6 is 0 Å². The van der Waals surface area contributed by atoms with Gasteiger partial charge in [0.25, 0.3) is 0 Å². The Morgan fingerprint density at radius 1 is 1.12 bits per heavy atom. The van der Waals surface area contributed by atoms with Crippen LogP contribution in [0.5, 0.6) is 0 Å². The third-order valence-corrected chi connectivity index (χ3v) is 3.87. The minimum atomic E-state index is -1.12. The molecule has 0 fully saturated rings. The zero-order chi connectivity index (χ0) is 19.7. The highest BCUT2D eigenvalue weighted by Crippen LogP contribution is 2.07. The second kappa shape index (κ2) is 10.5. The lowest BCUT2D eigenvalue weighted by Crippen LogP contribution is -2.57. The molecule has 0 unspecified atom stereocenters. The van der Waals surface area contributed by atoms with Crippen LogP contribution in [-0.4, -0.2) is 54.7 Å². The van der Waals surface area contributed by atoms with Crippen molar-refractivity contribution in [1.29, 1.82) is 0 Å². The molecule has 0 spiro atoms. The molecule has 8 nitrogen and oxygen atoms in total. The summed E-state index contributed by atoms with van der Waals surface area (Å²) in [5, 5.41) is 14.1. The Bertz CT molecular complexity index is 606. The van der Waals surface area contributed by atoms with Gasteiger partial charge in [-0.1, -0.05) is 44.2 Å². The minimum absolute atomic E-state index is 0.250. The summed E-state index contributed by atoms with van der Waals surface area (Å²) in [7, 11) is 1.24. The van der Waals surface area contributed by atoms with Crippen molar-refractivity contribution in [3.63, 3.8) is 0 Å². The highest BCUT2D eigenvalue weighted by molar-refractivity contribution is 5.92. The smallest absolute Gasteiger partial charge is 0.328 e. The van der Waals surface area contributed by atoms with Gasteiger partial charge < -0.3 is 26.2 Å². The summed E-state index contributed by atoms with van der Waals surface area (Å²) in [6.45, 7) is 2.97. The lowest BCUT2D eigenvalue weighted by atomic mass is 10.0. The van der Waals surface area contributed by atoms with E-state index in [9.17, 15) is 14.4 Å². The molecule has 0 saturated carbocycles. The van der Waals surface area contributed by atoms with E-state index < -0.39 is 42.5 Å². The largest absolute Gasteiger partial charge is 0.467 e. The summed E-state index contributed by atoms with van der Waals surface area (Å²) in [6.07, 6.45) is 0.258. The Morgan fingerprint density at radius 3 is 2.23 bits per heavy atom. The van der Waals surface area contributed by atoms with E-state index in [2.05, 4.69) is 10.6 Å². The predicted molar refractivity (Wildman–Crippen MR) is 95.9 cm³/mol. The second-order valence-corrected chi connectivity index (χ2v) is 6.29. The molecule has 5 N–H and O–H groups in total. The Balaban J connectivity index is 2.87. The third kappa shape index (κ3) is 6.45. The molecule has 0 aliphatic rings. The van der Waals surface area contributed by atoms with Crippen LogP contribution < -0.4 is 16.4 Å². The number of ether oxygens (including phenoxy) is 1. The molecule has 1 aromatic carbocycles. The fourth-order valence-electron chi connectivity index (χ4n) is 2.33. The number of aliphatic hydroxyl groups excluding tert-OH is 1. The molecular weight excluding hydrogens is 338 g/mol. The number of carbonyl (C=O) groups excluding carboxylic acids is 3. The fourth-order valence-corrected chi connectivity index (χ4v) is 2.33. The summed E-state index contributed by atoms with van der Waals surface area (Å²) < 4.78 is 4.77. The van der Waals surface area contributed by atoms with Crippen molar-refractivity contribution in [2.24, 2.45) is 11.7 Å². The van der Waals surface area contributed by atoms with Gasteiger partial charge in [0.05, 0.1) is 13.7 Å². The lowest BCUT2D eigenvalue weighted by Gasteiger charge is -2.25. The first-order chi connectivity index (χ1) is 12.3. The molecule has 0 aromatic heterocycles. The Morgan fingerprint density at radius 2 is 1.73 bits per heavy atom. The molecule has 0 aliphatic heterocycles. The molecule has 1 aromatic rings. The SMILES string of the molecule is COC(=O)[C@H](Cc1ccccc1)NC(=O)[C@@H](NC(=O)[C@H](N)CO)C(C)C. The maximum absolute atomic E-state index is 12.6. The monoisotopic (exact) mass is 365 g/mol. The number of aliphatic hydroxyl groups is 1. The molecule has 0 heterocycles. The van der Waals surface area contributed by atoms with E-state index in [0.29, 0.717) is 0 Å². The van der Waals surface area contributed by atoms with Crippen LogP contribution in [0.15, 0.2) is 30.3 Å². The van der Waals surface area contributed by atoms with Gasteiger partial charge in [-0.3, -0.25) is 9.59 Å². The van der Waals surface area contributed by atoms with E-state index in [1.165, 1.54) is 7.11 Å². The van der Waals surface area contributed by atoms with E-state index in [1.807, 2.05) is 30.3 Å². The highest BCUT2D eigenvalue weighted by atomic mass is 16.5. The molecule has 1 rings (SSSR count). The van der Waals surface area contributed by atoms with Gasteiger partial charge in [-0.2, -0.15) is 0 Å². The average molecular weight is 365 g/mol. The standard InChI is InChI=1S/C18H27N3O5/c1-11(2)15(21-16(23)13(19)10-22)17(24)20-14(18(25)26-3)9-12-7-5-4-6-8-12/h4-8,11,13-15,22H,9-10,19H2,1-3H3,(H,20,24)(H,21,23)/t13-,14+,15+/m1/s1. The number of nitrogens with one attached hydrogen (secondary N) is 2. The number of rotatable bonds is 9. The number of carbonyl (C=O) groups is 3. The van der Waals surface area contributed by atoms with Crippen LogP contribution in [0.2, 0.25) is 0 Å². The van der Waals surface area contributed by atoms with E-state index in [0.717, 1.165) is 5.56 Å². The van der Waals surface area contributed by atoms with Crippen LogP contribution in [0.1, 0.15) is 19.4 Å². The Kier molecular flexibility index (Phi) is 8.74. The van der Waals surface area contributed by atoms with Crippen LogP contribution in [0.25, 0.3) is 0 Å². The zero-order valence-corrected chi connectivity index (χ0v) is 15.3. The maximum Gasteiger partial charge on any atom is 0.328 e. The van der Waals surface area contributed by atoms with Gasteiger partial charge in [0.2, 0.25) is 11.8 Å². The minimum Gasteiger partial charge on any atom is -0.467 e. The van der Waals surface area contributed by atoms with Gasteiger partial charge in [-0.25, -0.2) is 4.79 Å². The van der Waals surface area contributed by atoms with Crippen molar-refractivity contribution in [1.82, 2.24) is 10.6 Å². The third-order valence-electron chi connectivity index (χ3n) is 3.87. The number of nitrogens with two attached hydrogens (primary N) is 1. The summed E-state index contributed by atoms with van der Waals surface area (Å²) in [5.41, 5.74) is 6.33. The molecule has 0 saturated heterocycles. The molecule has 26 heavy (non-hydrogen) atoms. The molecule has 0 bridgehead atoms. The normalized spacial score (nSPS) is 14.2. The van der Waals surface area contributed by atoms with E-state index in [-0.39, 0.29) is 12.3 Å².